The normalized spacial score (nSPS) is 11.3. The van der Waals surface area contributed by atoms with E-state index in [1.807, 2.05) is 18.2 Å². The molecular formula is C20H22O7. The molecule has 0 bridgehead atoms. The van der Waals surface area contributed by atoms with Gasteiger partial charge in [0, 0.05) is 0 Å². The first kappa shape index (κ1) is 20.1. The van der Waals surface area contributed by atoms with Crippen molar-refractivity contribution in [2.75, 3.05) is 20.8 Å². The van der Waals surface area contributed by atoms with E-state index >= 15 is 0 Å². The van der Waals surface area contributed by atoms with Crippen LogP contribution in [0.4, 0.5) is 0 Å². The summed E-state index contributed by atoms with van der Waals surface area (Å²) < 4.78 is 20.9. The van der Waals surface area contributed by atoms with Crippen LogP contribution in [0.5, 0.6) is 17.2 Å². The van der Waals surface area contributed by atoms with Gasteiger partial charge in [-0.1, -0.05) is 18.2 Å². The number of aliphatic carboxylic acids is 1. The lowest BCUT2D eigenvalue weighted by atomic mass is 10.0. The standard InChI is InChI=1S/C20H22O7/c1-24-18-9-7-14(10-19(18)25-2)6-8-17(27-13-21)15-4-3-5-16(11-15)26-12-20(22)23/h3-5,7,9-11,13,17H,6,8,12H2,1-2H3,(H,22,23). The Morgan fingerprint density at radius 2 is 1.89 bits per heavy atom. The van der Waals surface area contributed by atoms with Crippen LogP contribution in [0.25, 0.3) is 0 Å². The second-order valence-electron chi connectivity index (χ2n) is 5.70. The fraction of sp³-hybridized carbons (Fsp3) is 0.300. The highest BCUT2D eigenvalue weighted by atomic mass is 16.5. The fourth-order valence-corrected chi connectivity index (χ4v) is 2.66. The van der Waals surface area contributed by atoms with Crippen LogP contribution in [0, 0.1) is 0 Å². The molecule has 0 aromatic heterocycles. The molecule has 0 heterocycles. The number of carbonyl (C=O) groups is 2. The second-order valence-corrected chi connectivity index (χ2v) is 5.70. The van der Waals surface area contributed by atoms with E-state index in [0.717, 1.165) is 11.1 Å². The number of hydrogen-bond acceptors (Lipinski definition) is 6. The quantitative estimate of drug-likeness (QED) is 0.605. The zero-order valence-corrected chi connectivity index (χ0v) is 15.2. The Morgan fingerprint density at radius 1 is 1.11 bits per heavy atom. The number of aryl methyl sites for hydroxylation is 1. The fourth-order valence-electron chi connectivity index (χ4n) is 2.66. The van der Waals surface area contributed by atoms with E-state index in [1.165, 1.54) is 0 Å². The molecule has 0 aliphatic carbocycles. The Morgan fingerprint density at radius 3 is 2.56 bits per heavy atom. The van der Waals surface area contributed by atoms with E-state index in [4.69, 9.17) is 24.1 Å². The van der Waals surface area contributed by atoms with Gasteiger partial charge in [-0.05, 0) is 48.2 Å². The molecule has 27 heavy (non-hydrogen) atoms. The van der Waals surface area contributed by atoms with Crippen molar-refractivity contribution < 1.29 is 33.6 Å². The number of methoxy groups -OCH3 is 2. The van der Waals surface area contributed by atoms with Crippen LogP contribution >= 0.6 is 0 Å². The van der Waals surface area contributed by atoms with E-state index in [-0.39, 0.29) is 0 Å². The molecule has 2 aromatic carbocycles. The topological polar surface area (TPSA) is 91.3 Å². The smallest absolute Gasteiger partial charge is 0.341 e. The van der Waals surface area contributed by atoms with Gasteiger partial charge in [-0.3, -0.25) is 4.79 Å². The third-order valence-corrected chi connectivity index (χ3v) is 3.96. The van der Waals surface area contributed by atoms with Crippen molar-refractivity contribution in [3.63, 3.8) is 0 Å². The average molecular weight is 374 g/mol. The highest BCUT2D eigenvalue weighted by Gasteiger charge is 2.15. The largest absolute Gasteiger partial charge is 0.493 e. The van der Waals surface area contributed by atoms with E-state index in [2.05, 4.69) is 0 Å². The summed E-state index contributed by atoms with van der Waals surface area (Å²) in [6.45, 7) is -0.0294. The monoisotopic (exact) mass is 374 g/mol. The molecule has 0 spiro atoms. The Bertz CT molecular complexity index is 773. The first-order chi connectivity index (χ1) is 13.1. The summed E-state index contributed by atoms with van der Waals surface area (Å²) in [6, 6.07) is 12.5. The number of carboxylic acid groups (broad SMARTS) is 1. The summed E-state index contributed by atoms with van der Waals surface area (Å²) >= 11 is 0. The van der Waals surface area contributed by atoms with Crippen molar-refractivity contribution >= 4 is 12.4 Å². The maximum atomic E-state index is 10.9. The molecule has 0 saturated heterocycles. The maximum absolute atomic E-state index is 10.9. The number of carboxylic acids is 1. The van der Waals surface area contributed by atoms with Crippen LogP contribution in [0.1, 0.15) is 23.7 Å². The molecule has 1 unspecified atom stereocenters. The van der Waals surface area contributed by atoms with Gasteiger partial charge in [0.1, 0.15) is 11.9 Å². The Kier molecular flexibility index (Phi) is 7.49. The van der Waals surface area contributed by atoms with E-state index in [9.17, 15) is 9.59 Å². The lowest BCUT2D eigenvalue weighted by Crippen LogP contribution is -2.10. The summed E-state index contributed by atoms with van der Waals surface area (Å²) in [5, 5.41) is 8.71. The number of rotatable bonds is 11. The van der Waals surface area contributed by atoms with Gasteiger partial charge in [0.05, 0.1) is 14.2 Å². The molecule has 0 amide bonds. The Labute approximate surface area is 157 Å². The number of carbonyl (C=O) groups excluding carboxylic acids is 1. The number of benzene rings is 2. The molecule has 0 aliphatic rings. The van der Waals surface area contributed by atoms with Crippen molar-refractivity contribution in [2.45, 2.75) is 18.9 Å². The molecule has 1 atom stereocenters. The van der Waals surface area contributed by atoms with Gasteiger partial charge < -0.3 is 24.1 Å². The highest BCUT2D eigenvalue weighted by molar-refractivity contribution is 5.68. The van der Waals surface area contributed by atoms with Gasteiger partial charge in [0.2, 0.25) is 0 Å². The summed E-state index contributed by atoms with van der Waals surface area (Å²) in [5.41, 5.74) is 1.73. The first-order valence-electron chi connectivity index (χ1n) is 8.32. The lowest BCUT2D eigenvalue weighted by molar-refractivity contribution is -0.139. The zero-order valence-electron chi connectivity index (χ0n) is 15.2. The Balaban J connectivity index is 2.10. The third-order valence-electron chi connectivity index (χ3n) is 3.96. The predicted octanol–water partition coefficient (Wildman–Crippen LogP) is 3.01. The number of hydrogen-bond donors (Lipinski definition) is 1. The Hall–Kier alpha value is -3.22. The molecule has 2 rings (SSSR count). The van der Waals surface area contributed by atoms with Crippen LogP contribution < -0.4 is 14.2 Å². The van der Waals surface area contributed by atoms with Crippen LogP contribution in [-0.4, -0.2) is 38.4 Å². The van der Waals surface area contributed by atoms with Crippen molar-refractivity contribution in [1.29, 1.82) is 0 Å². The molecule has 1 N–H and O–H groups in total. The van der Waals surface area contributed by atoms with Gasteiger partial charge in [0.25, 0.3) is 6.47 Å². The summed E-state index contributed by atoms with van der Waals surface area (Å²) in [7, 11) is 3.15. The maximum Gasteiger partial charge on any atom is 0.341 e. The number of ether oxygens (including phenoxy) is 4. The van der Waals surface area contributed by atoms with Crippen LogP contribution in [0.15, 0.2) is 42.5 Å². The molecule has 2 aromatic rings. The molecule has 7 heteroatoms. The van der Waals surface area contributed by atoms with E-state index < -0.39 is 18.7 Å². The van der Waals surface area contributed by atoms with Crippen LogP contribution in [-0.2, 0) is 20.7 Å². The SMILES string of the molecule is COc1ccc(CCC(OC=O)c2cccc(OCC(=O)O)c2)cc1OC. The van der Waals surface area contributed by atoms with Gasteiger partial charge >= 0.3 is 5.97 Å². The second kappa shape index (κ2) is 10.1. The average Bonchev–Trinajstić information content (AvgIpc) is 2.69. The van der Waals surface area contributed by atoms with Crippen LogP contribution in [0.3, 0.4) is 0 Å². The van der Waals surface area contributed by atoms with E-state index in [0.29, 0.717) is 36.6 Å². The highest BCUT2D eigenvalue weighted by Crippen LogP contribution is 2.30. The molecule has 0 saturated carbocycles. The zero-order chi connectivity index (χ0) is 19.6. The lowest BCUT2D eigenvalue weighted by Gasteiger charge is -2.17. The van der Waals surface area contributed by atoms with Gasteiger partial charge in [-0.15, -0.1) is 0 Å². The van der Waals surface area contributed by atoms with Gasteiger partial charge in [0.15, 0.2) is 18.1 Å². The minimum Gasteiger partial charge on any atom is -0.493 e. The minimum atomic E-state index is -1.06. The molecule has 0 radical (unpaired) electrons. The van der Waals surface area contributed by atoms with Crippen molar-refractivity contribution in [3.8, 4) is 17.2 Å². The van der Waals surface area contributed by atoms with Crippen molar-refractivity contribution in [1.82, 2.24) is 0 Å². The first-order valence-corrected chi connectivity index (χ1v) is 8.32. The van der Waals surface area contributed by atoms with Crippen LogP contribution in [0.2, 0.25) is 0 Å². The summed E-state index contributed by atoms with van der Waals surface area (Å²) in [6.07, 6.45) is 0.694. The molecule has 7 nitrogen and oxygen atoms in total. The van der Waals surface area contributed by atoms with Gasteiger partial charge in [-0.25, -0.2) is 4.79 Å². The molecule has 0 fully saturated rings. The molecular weight excluding hydrogens is 352 g/mol. The van der Waals surface area contributed by atoms with Crippen molar-refractivity contribution in [3.05, 3.63) is 53.6 Å². The van der Waals surface area contributed by atoms with E-state index in [1.54, 1.807) is 38.5 Å². The molecule has 144 valence electrons. The predicted molar refractivity (Wildman–Crippen MR) is 97.3 cm³/mol. The molecule has 0 aliphatic heterocycles. The minimum absolute atomic E-state index is 0.403. The summed E-state index contributed by atoms with van der Waals surface area (Å²) in [5.74, 6) is 0.618. The summed E-state index contributed by atoms with van der Waals surface area (Å²) in [4.78, 5) is 21.6. The third kappa shape index (κ3) is 5.91. The van der Waals surface area contributed by atoms with Gasteiger partial charge in [-0.2, -0.15) is 0 Å². The van der Waals surface area contributed by atoms with Crippen molar-refractivity contribution in [2.24, 2.45) is 0 Å².